The molecule has 21 heavy (non-hydrogen) atoms. The van der Waals surface area contributed by atoms with Crippen LogP contribution in [0.1, 0.15) is 18.7 Å². The van der Waals surface area contributed by atoms with Crippen LogP contribution in [-0.4, -0.2) is 35.2 Å². The Balaban J connectivity index is 1.73. The monoisotopic (exact) mass is 309 g/mol. The van der Waals surface area contributed by atoms with E-state index in [4.69, 9.17) is 16.1 Å². The van der Waals surface area contributed by atoms with E-state index in [9.17, 15) is 4.39 Å². The Morgan fingerprint density at radius 2 is 2.14 bits per heavy atom. The fourth-order valence-corrected chi connectivity index (χ4v) is 2.80. The van der Waals surface area contributed by atoms with Crippen molar-refractivity contribution in [3.05, 3.63) is 34.9 Å². The summed E-state index contributed by atoms with van der Waals surface area (Å²) in [5, 5.41) is 4.41. The molecular weight excluding hydrogens is 293 g/mol. The molecular formula is C15H17ClFN3O. The van der Waals surface area contributed by atoms with Gasteiger partial charge in [-0.1, -0.05) is 16.8 Å². The average molecular weight is 310 g/mol. The molecule has 3 rings (SSSR count). The number of piperidine rings is 1. The first-order valence-corrected chi connectivity index (χ1v) is 7.46. The Bertz CT molecular complexity index is 623. The normalized spacial score (nSPS) is 17.3. The lowest BCUT2D eigenvalue weighted by molar-refractivity contribution is 0.216. The van der Waals surface area contributed by atoms with Gasteiger partial charge >= 0.3 is 0 Å². The highest BCUT2D eigenvalue weighted by Gasteiger charge is 2.20. The lowest BCUT2D eigenvalue weighted by Crippen LogP contribution is -2.31. The summed E-state index contributed by atoms with van der Waals surface area (Å²) in [6.45, 7) is 2.19. The molecule has 0 spiro atoms. The minimum atomic E-state index is -0.408. The molecule has 6 heteroatoms. The second-order valence-corrected chi connectivity index (χ2v) is 6.03. The van der Waals surface area contributed by atoms with Crippen molar-refractivity contribution in [2.75, 3.05) is 20.1 Å². The fourth-order valence-electron chi connectivity index (χ4n) is 2.63. The van der Waals surface area contributed by atoms with Gasteiger partial charge in [-0.25, -0.2) is 4.39 Å². The summed E-state index contributed by atoms with van der Waals surface area (Å²) in [4.78, 5) is 6.62. The van der Waals surface area contributed by atoms with Crippen molar-refractivity contribution in [1.29, 1.82) is 0 Å². The molecule has 1 fully saturated rings. The Hall–Kier alpha value is -1.46. The van der Waals surface area contributed by atoms with Gasteiger partial charge in [0.2, 0.25) is 0 Å². The van der Waals surface area contributed by atoms with Gasteiger partial charge in [-0.2, -0.15) is 4.98 Å². The third kappa shape index (κ3) is 3.41. The molecule has 112 valence electrons. The summed E-state index contributed by atoms with van der Waals surface area (Å²) in [5.74, 6) is 0.988. The molecule has 2 heterocycles. The van der Waals surface area contributed by atoms with Crippen molar-refractivity contribution in [2.24, 2.45) is 5.92 Å². The summed E-state index contributed by atoms with van der Waals surface area (Å²) in [6.07, 6.45) is 3.04. The number of likely N-dealkylation sites (tertiary alicyclic amines) is 1. The van der Waals surface area contributed by atoms with E-state index in [0.29, 0.717) is 16.8 Å². The Labute approximate surface area is 127 Å². The van der Waals surface area contributed by atoms with E-state index < -0.39 is 5.82 Å². The first-order valence-electron chi connectivity index (χ1n) is 7.08. The number of hydrogen-bond donors (Lipinski definition) is 0. The van der Waals surface area contributed by atoms with E-state index in [1.807, 2.05) is 0 Å². The number of hydrogen-bond acceptors (Lipinski definition) is 4. The second-order valence-electron chi connectivity index (χ2n) is 5.59. The van der Waals surface area contributed by atoms with E-state index in [1.165, 1.54) is 18.2 Å². The standard InChI is InChI=1S/C15H17ClFN3O/c1-20-6-4-10(5-7-20)8-14-18-15(21-19-14)12-9-11(16)2-3-13(12)17/h2-3,9-10H,4-8H2,1H3. The van der Waals surface area contributed by atoms with Gasteiger partial charge < -0.3 is 9.42 Å². The van der Waals surface area contributed by atoms with E-state index >= 15 is 0 Å². The molecule has 0 N–H and O–H groups in total. The molecule has 0 atom stereocenters. The molecule has 1 saturated heterocycles. The molecule has 1 aliphatic heterocycles. The Kier molecular flexibility index (Phi) is 4.22. The number of benzene rings is 1. The summed E-state index contributed by atoms with van der Waals surface area (Å²) in [5.41, 5.74) is 0.254. The van der Waals surface area contributed by atoms with Gasteiger partial charge in [-0.05, 0) is 57.1 Å². The van der Waals surface area contributed by atoms with Crippen molar-refractivity contribution >= 4 is 11.6 Å². The van der Waals surface area contributed by atoms with Gasteiger partial charge in [0.25, 0.3) is 5.89 Å². The van der Waals surface area contributed by atoms with Crippen molar-refractivity contribution in [3.63, 3.8) is 0 Å². The summed E-state index contributed by atoms with van der Waals surface area (Å²) in [7, 11) is 2.13. The van der Waals surface area contributed by atoms with Crippen LogP contribution in [0, 0.1) is 11.7 Å². The van der Waals surface area contributed by atoms with Gasteiger partial charge in [0.1, 0.15) is 5.82 Å². The predicted molar refractivity (Wildman–Crippen MR) is 78.6 cm³/mol. The largest absolute Gasteiger partial charge is 0.334 e. The maximum absolute atomic E-state index is 13.8. The topological polar surface area (TPSA) is 42.2 Å². The van der Waals surface area contributed by atoms with E-state index in [-0.39, 0.29) is 11.5 Å². The molecule has 0 unspecified atom stereocenters. The van der Waals surface area contributed by atoms with Crippen molar-refractivity contribution in [1.82, 2.24) is 15.0 Å². The molecule has 1 aliphatic rings. The van der Waals surface area contributed by atoms with Crippen LogP contribution < -0.4 is 0 Å². The number of rotatable bonds is 3. The van der Waals surface area contributed by atoms with Crippen LogP contribution in [0.3, 0.4) is 0 Å². The van der Waals surface area contributed by atoms with E-state index in [0.717, 1.165) is 32.4 Å². The zero-order valence-electron chi connectivity index (χ0n) is 11.9. The van der Waals surface area contributed by atoms with Crippen molar-refractivity contribution in [2.45, 2.75) is 19.3 Å². The summed E-state index contributed by atoms with van der Waals surface area (Å²) in [6, 6.07) is 4.30. The van der Waals surface area contributed by atoms with Crippen LogP contribution in [-0.2, 0) is 6.42 Å². The van der Waals surface area contributed by atoms with E-state index in [2.05, 4.69) is 22.1 Å². The van der Waals surface area contributed by atoms with Crippen LogP contribution in [0.2, 0.25) is 5.02 Å². The smallest absolute Gasteiger partial charge is 0.260 e. The Morgan fingerprint density at radius 1 is 1.38 bits per heavy atom. The van der Waals surface area contributed by atoms with Crippen LogP contribution in [0.15, 0.2) is 22.7 Å². The maximum atomic E-state index is 13.8. The highest BCUT2D eigenvalue weighted by atomic mass is 35.5. The van der Waals surface area contributed by atoms with Crippen LogP contribution in [0.5, 0.6) is 0 Å². The number of nitrogens with zero attached hydrogens (tertiary/aromatic N) is 3. The summed E-state index contributed by atoms with van der Waals surface area (Å²) < 4.78 is 19.0. The molecule has 2 aromatic rings. The molecule has 0 aliphatic carbocycles. The molecule has 4 nitrogen and oxygen atoms in total. The third-order valence-electron chi connectivity index (χ3n) is 3.94. The third-order valence-corrected chi connectivity index (χ3v) is 4.17. The van der Waals surface area contributed by atoms with Gasteiger partial charge in [-0.15, -0.1) is 0 Å². The minimum absolute atomic E-state index is 0.193. The van der Waals surface area contributed by atoms with Gasteiger partial charge in [-0.3, -0.25) is 0 Å². The van der Waals surface area contributed by atoms with Crippen molar-refractivity contribution in [3.8, 4) is 11.5 Å². The number of halogens is 2. The van der Waals surface area contributed by atoms with Gasteiger partial charge in [0, 0.05) is 11.4 Å². The molecule has 0 radical (unpaired) electrons. The van der Waals surface area contributed by atoms with Crippen molar-refractivity contribution < 1.29 is 8.91 Å². The molecule has 0 amide bonds. The first-order chi connectivity index (χ1) is 10.1. The Morgan fingerprint density at radius 3 is 2.90 bits per heavy atom. The molecule has 0 saturated carbocycles. The summed E-state index contributed by atoms with van der Waals surface area (Å²) >= 11 is 5.88. The maximum Gasteiger partial charge on any atom is 0.260 e. The SMILES string of the molecule is CN1CCC(Cc2noc(-c3cc(Cl)ccc3F)n2)CC1. The van der Waals surface area contributed by atoms with Gasteiger partial charge in [0.05, 0.1) is 5.56 Å². The van der Waals surface area contributed by atoms with Crippen LogP contribution in [0.25, 0.3) is 11.5 Å². The molecule has 1 aromatic heterocycles. The first kappa shape index (κ1) is 14.5. The van der Waals surface area contributed by atoms with Gasteiger partial charge in [0.15, 0.2) is 5.82 Å². The zero-order chi connectivity index (χ0) is 14.8. The molecule has 1 aromatic carbocycles. The molecule has 0 bridgehead atoms. The highest BCUT2D eigenvalue weighted by molar-refractivity contribution is 6.30. The van der Waals surface area contributed by atoms with Crippen LogP contribution >= 0.6 is 11.6 Å². The zero-order valence-corrected chi connectivity index (χ0v) is 12.6. The number of aromatic nitrogens is 2. The predicted octanol–water partition coefficient (Wildman–Crippen LogP) is 3.41. The fraction of sp³-hybridized carbons (Fsp3) is 0.467. The van der Waals surface area contributed by atoms with Crippen LogP contribution in [0.4, 0.5) is 4.39 Å². The minimum Gasteiger partial charge on any atom is -0.334 e. The average Bonchev–Trinajstić information content (AvgIpc) is 2.92. The second kappa shape index (κ2) is 6.12. The quantitative estimate of drug-likeness (QED) is 0.871. The highest BCUT2D eigenvalue weighted by Crippen LogP contribution is 2.26. The lowest BCUT2D eigenvalue weighted by atomic mass is 9.94. The van der Waals surface area contributed by atoms with E-state index in [1.54, 1.807) is 0 Å². The lowest BCUT2D eigenvalue weighted by Gasteiger charge is -2.27.